The number of halogens is 2. The molecule has 0 radical (unpaired) electrons. The number of hydrogen-bond donors (Lipinski definition) is 0. The normalized spacial score (nSPS) is 20.0. The number of alkyl halides is 2. The Morgan fingerprint density at radius 3 is 1.24 bits per heavy atom. The van der Waals surface area contributed by atoms with Crippen LogP contribution in [-0.2, 0) is 36.0 Å². The molecule has 0 bridgehead atoms. The molecule has 0 saturated carbocycles. The molecule has 0 saturated heterocycles. The van der Waals surface area contributed by atoms with E-state index < -0.39 is 9.75 Å². The van der Waals surface area contributed by atoms with Gasteiger partial charge in [-0.05, 0) is 104 Å². The van der Waals surface area contributed by atoms with Gasteiger partial charge in [0.25, 0.3) is 0 Å². The molecule has 0 spiro atoms. The maximum atomic E-state index is 7.69. The van der Waals surface area contributed by atoms with Crippen LogP contribution >= 0.6 is 23.2 Å². The van der Waals surface area contributed by atoms with E-state index in [2.05, 4.69) is 147 Å². The summed E-state index contributed by atoms with van der Waals surface area (Å²) in [5.41, 5.74) is 12.1. The smallest absolute Gasteiger partial charge is 0.0911 e. The summed E-state index contributed by atoms with van der Waals surface area (Å²) in [6.07, 6.45) is 6.06. The topological polar surface area (TPSA) is 0 Å². The van der Waals surface area contributed by atoms with Gasteiger partial charge in [0.05, 0.1) is 9.75 Å². The van der Waals surface area contributed by atoms with Gasteiger partial charge in [-0.1, -0.05) is 133 Å². The van der Waals surface area contributed by atoms with Crippen LogP contribution in [0, 0.1) is 0 Å². The first kappa shape index (κ1) is 30.4. The third-order valence-corrected chi connectivity index (χ3v) is 11.4. The second-order valence-corrected chi connectivity index (χ2v) is 13.6. The fraction of sp³-hybridized carbons (Fsp3) is 0.143. The molecule has 218 valence electrons. The molecule has 0 heterocycles. The molecule has 2 unspecified atom stereocenters. The maximum absolute atomic E-state index is 7.69. The van der Waals surface area contributed by atoms with E-state index in [-0.39, 0.29) is 26.2 Å². The van der Waals surface area contributed by atoms with E-state index in [9.17, 15) is 0 Å². The Morgan fingerprint density at radius 2 is 0.800 bits per heavy atom. The van der Waals surface area contributed by atoms with Gasteiger partial charge in [0, 0.05) is 26.2 Å². The molecule has 2 aliphatic rings. The summed E-state index contributed by atoms with van der Waals surface area (Å²) in [6, 6.07) is 43.5. The molecule has 2 atom stereocenters. The molecule has 0 aliphatic heterocycles. The molecule has 45 heavy (non-hydrogen) atoms. The van der Waals surface area contributed by atoms with Crippen molar-refractivity contribution in [3.63, 3.8) is 0 Å². The van der Waals surface area contributed by atoms with Crippen molar-refractivity contribution in [3.8, 4) is 22.3 Å². The van der Waals surface area contributed by atoms with Crippen LogP contribution in [-0.4, -0.2) is 0 Å². The van der Waals surface area contributed by atoms with E-state index in [1.54, 1.807) is 0 Å². The van der Waals surface area contributed by atoms with E-state index in [0.717, 1.165) is 12.8 Å². The molecule has 6 aromatic rings. The van der Waals surface area contributed by atoms with E-state index in [1.807, 2.05) is 0 Å². The minimum atomic E-state index is -0.617. The van der Waals surface area contributed by atoms with Crippen LogP contribution in [0.2, 0.25) is 0 Å². The Bertz CT molecular complexity index is 2020. The summed E-state index contributed by atoms with van der Waals surface area (Å²) in [6.45, 7) is 4.34. The maximum Gasteiger partial charge on any atom is 0.0911 e. The molecule has 0 amide bonds. The van der Waals surface area contributed by atoms with Gasteiger partial charge >= 0.3 is 0 Å². The fourth-order valence-corrected chi connectivity index (χ4v) is 8.25. The summed E-state index contributed by atoms with van der Waals surface area (Å²) in [7, 11) is 0. The largest absolute Gasteiger partial charge is 0.109 e. The molecule has 0 N–H and O–H groups in total. The second-order valence-electron chi connectivity index (χ2n) is 12.3. The van der Waals surface area contributed by atoms with Crippen LogP contribution in [0.15, 0.2) is 132 Å². The third kappa shape index (κ3) is 4.74. The van der Waals surface area contributed by atoms with Crippen LogP contribution in [0.25, 0.3) is 56.0 Å². The Morgan fingerprint density at radius 1 is 0.444 bits per heavy atom. The zero-order chi connectivity index (χ0) is 30.1. The van der Waals surface area contributed by atoms with Crippen molar-refractivity contribution in [1.29, 1.82) is 0 Å². The first-order valence-electron chi connectivity index (χ1n) is 15.4. The Kier molecular flexibility index (Phi) is 7.81. The Labute approximate surface area is 294 Å². The number of fused-ring (bicyclic) bond motifs is 4. The van der Waals surface area contributed by atoms with Crippen LogP contribution in [0.5, 0.6) is 0 Å². The van der Waals surface area contributed by atoms with Gasteiger partial charge in [-0.3, -0.25) is 0 Å². The summed E-state index contributed by atoms with van der Waals surface area (Å²) < 4.78 is 0. The molecular weight excluding hydrogens is 667 g/mol. The standard InChI is InChI=1S/C42H32Cl2.Zr/c1-27-25-37-35(33-17-7-13-29-11-3-5-15-31(29)33)19-9-21-39(37)41(27,43)23-24-42(44)28(2)26-38-36(20-10-22-40(38)42)34-18-8-14-30-12-4-6-16-32(30)34;/h3-22,25-26H,23-24H2,1-2H3;. The van der Waals surface area contributed by atoms with Gasteiger partial charge in [0.1, 0.15) is 0 Å². The number of allylic oxidation sites excluding steroid dienone is 2. The van der Waals surface area contributed by atoms with Crippen molar-refractivity contribution >= 4 is 56.9 Å². The zero-order valence-corrected chi connectivity index (χ0v) is 29.3. The molecule has 0 aromatic heterocycles. The molecule has 8 rings (SSSR count). The van der Waals surface area contributed by atoms with Crippen molar-refractivity contribution in [3.05, 3.63) is 155 Å². The van der Waals surface area contributed by atoms with Crippen LogP contribution in [0.3, 0.4) is 0 Å². The van der Waals surface area contributed by atoms with Crippen LogP contribution in [0.4, 0.5) is 0 Å². The molecule has 0 nitrogen and oxygen atoms in total. The van der Waals surface area contributed by atoms with Gasteiger partial charge in [0.15, 0.2) is 0 Å². The van der Waals surface area contributed by atoms with E-state index in [0.29, 0.717) is 0 Å². The average molecular weight is 699 g/mol. The molecule has 2 aliphatic carbocycles. The first-order valence-corrected chi connectivity index (χ1v) is 16.1. The van der Waals surface area contributed by atoms with Gasteiger partial charge < -0.3 is 0 Å². The molecule has 0 fully saturated rings. The van der Waals surface area contributed by atoms with Gasteiger partial charge in [0.2, 0.25) is 0 Å². The zero-order valence-electron chi connectivity index (χ0n) is 25.4. The second kappa shape index (κ2) is 11.5. The molecular formula is C42H32Cl2Zr. The van der Waals surface area contributed by atoms with Crippen molar-refractivity contribution in [2.24, 2.45) is 0 Å². The SMILES string of the molecule is CC1=Cc2c(-c3cccc4ccccc34)cccc2C1(Cl)CCC1(Cl)C(C)=Cc2c(-c3cccc4ccccc34)cccc21.[Zr]. The van der Waals surface area contributed by atoms with Crippen molar-refractivity contribution in [2.75, 3.05) is 0 Å². The van der Waals surface area contributed by atoms with E-state index in [1.165, 1.54) is 77.2 Å². The van der Waals surface area contributed by atoms with Crippen molar-refractivity contribution < 1.29 is 26.2 Å². The minimum absolute atomic E-state index is 0. The summed E-state index contributed by atoms with van der Waals surface area (Å²) in [5.74, 6) is 0. The molecule has 6 aromatic carbocycles. The Balaban J connectivity index is 0.00000325. The Hall–Kier alpha value is -3.22. The van der Waals surface area contributed by atoms with Crippen LogP contribution in [0.1, 0.15) is 48.9 Å². The van der Waals surface area contributed by atoms with E-state index in [4.69, 9.17) is 23.2 Å². The fourth-order valence-electron chi connectivity index (χ4n) is 7.62. The minimum Gasteiger partial charge on any atom is -0.109 e. The number of rotatable bonds is 5. The number of benzene rings is 6. The summed E-state index contributed by atoms with van der Waals surface area (Å²) in [5, 5.41) is 5.00. The number of hydrogen-bond acceptors (Lipinski definition) is 0. The van der Waals surface area contributed by atoms with Crippen molar-refractivity contribution in [1.82, 2.24) is 0 Å². The average Bonchev–Trinajstić information content (AvgIpc) is 3.47. The van der Waals surface area contributed by atoms with Gasteiger partial charge in [-0.2, -0.15) is 0 Å². The molecule has 3 heteroatoms. The quantitative estimate of drug-likeness (QED) is 0.157. The van der Waals surface area contributed by atoms with Gasteiger partial charge in [-0.25, -0.2) is 0 Å². The predicted molar refractivity (Wildman–Crippen MR) is 190 cm³/mol. The predicted octanol–water partition coefficient (Wildman–Crippen LogP) is 12.5. The van der Waals surface area contributed by atoms with E-state index >= 15 is 0 Å². The van der Waals surface area contributed by atoms with Crippen LogP contribution < -0.4 is 0 Å². The first-order chi connectivity index (χ1) is 21.4. The summed E-state index contributed by atoms with van der Waals surface area (Å²) >= 11 is 15.4. The summed E-state index contributed by atoms with van der Waals surface area (Å²) in [4.78, 5) is -1.23. The van der Waals surface area contributed by atoms with Crippen molar-refractivity contribution in [2.45, 2.75) is 36.4 Å². The third-order valence-electron chi connectivity index (χ3n) is 10.0. The van der Waals surface area contributed by atoms with Gasteiger partial charge in [-0.15, -0.1) is 23.2 Å². The monoisotopic (exact) mass is 696 g/mol.